The van der Waals surface area contributed by atoms with Crippen LogP contribution in [0.4, 0.5) is 10.2 Å². The molecule has 0 N–H and O–H groups in total. The van der Waals surface area contributed by atoms with Crippen LogP contribution < -0.4 is 4.90 Å². The summed E-state index contributed by atoms with van der Waals surface area (Å²) < 4.78 is 19.3. The highest BCUT2D eigenvalue weighted by molar-refractivity contribution is 5.61. The van der Waals surface area contributed by atoms with Gasteiger partial charge in [0.15, 0.2) is 0 Å². The molecule has 1 atom stereocenters. The highest BCUT2D eigenvalue weighted by Crippen LogP contribution is 2.42. The molecule has 6 rings (SSSR count). The summed E-state index contributed by atoms with van der Waals surface area (Å²) in [5.74, 6) is 1.00. The van der Waals surface area contributed by atoms with E-state index in [1.165, 1.54) is 38.2 Å². The maximum atomic E-state index is 13.0. The van der Waals surface area contributed by atoms with Crippen molar-refractivity contribution in [3.63, 3.8) is 0 Å². The summed E-state index contributed by atoms with van der Waals surface area (Å²) in [5, 5.41) is 0. The summed E-state index contributed by atoms with van der Waals surface area (Å²) in [6.45, 7) is 4.85. The fraction of sp³-hybridized carbons (Fsp3) is 0.500. The van der Waals surface area contributed by atoms with E-state index in [0.29, 0.717) is 12.6 Å². The summed E-state index contributed by atoms with van der Waals surface area (Å²) in [7, 11) is 0. The monoisotopic (exact) mass is 341 g/mol. The second-order valence-corrected chi connectivity index (χ2v) is 7.22. The Hall–Kier alpha value is -2.12. The average Bonchev–Trinajstić information content (AvgIpc) is 3.07. The van der Waals surface area contributed by atoms with Crippen LogP contribution in [0, 0.1) is 11.9 Å². The SMILES string of the molecule is Fc1ccc(-c2cc(N3CO[C@]4(CN5CCC4CC5)C3)ncn2)cn1. The molecule has 0 amide bonds. The first-order valence-electron chi connectivity index (χ1n) is 8.77. The lowest BCUT2D eigenvalue weighted by Crippen LogP contribution is -2.61. The number of halogens is 1. The van der Waals surface area contributed by atoms with Gasteiger partial charge in [-0.3, -0.25) is 0 Å². The van der Waals surface area contributed by atoms with Crippen LogP contribution in [0.25, 0.3) is 11.3 Å². The van der Waals surface area contributed by atoms with Gasteiger partial charge >= 0.3 is 0 Å². The lowest BCUT2D eigenvalue weighted by Gasteiger charge is -2.50. The van der Waals surface area contributed by atoms with Gasteiger partial charge in [0.2, 0.25) is 5.95 Å². The predicted octanol–water partition coefficient (Wildman–Crippen LogP) is 1.94. The van der Waals surface area contributed by atoms with Crippen molar-refractivity contribution in [1.82, 2.24) is 19.9 Å². The van der Waals surface area contributed by atoms with Crippen LogP contribution in [-0.2, 0) is 4.74 Å². The summed E-state index contributed by atoms with van der Waals surface area (Å²) in [6, 6.07) is 4.96. The fourth-order valence-electron chi connectivity index (χ4n) is 4.44. The molecule has 2 aromatic heterocycles. The fourth-order valence-corrected chi connectivity index (χ4v) is 4.44. The number of rotatable bonds is 2. The van der Waals surface area contributed by atoms with Gasteiger partial charge in [-0.05, 0) is 44.0 Å². The van der Waals surface area contributed by atoms with Crippen molar-refractivity contribution < 1.29 is 9.13 Å². The molecule has 7 heteroatoms. The first kappa shape index (κ1) is 15.2. The Bertz CT molecular complexity index is 777. The number of anilines is 1. The molecule has 4 aliphatic rings. The minimum atomic E-state index is -0.490. The molecule has 4 fully saturated rings. The first-order chi connectivity index (χ1) is 12.2. The van der Waals surface area contributed by atoms with Crippen LogP contribution in [0.2, 0.25) is 0 Å². The summed E-state index contributed by atoms with van der Waals surface area (Å²) in [4.78, 5) is 17.1. The number of fused-ring (bicyclic) bond motifs is 2. The highest BCUT2D eigenvalue weighted by Gasteiger charge is 2.51. The topological polar surface area (TPSA) is 54.4 Å². The molecule has 130 valence electrons. The normalized spacial score (nSPS) is 31.0. The molecule has 4 saturated heterocycles. The summed E-state index contributed by atoms with van der Waals surface area (Å²) >= 11 is 0. The van der Waals surface area contributed by atoms with Crippen LogP contribution in [0.15, 0.2) is 30.7 Å². The number of nitrogens with zero attached hydrogens (tertiary/aromatic N) is 5. The third kappa shape index (κ3) is 2.58. The average molecular weight is 341 g/mol. The number of aromatic nitrogens is 3. The zero-order chi connectivity index (χ0) is 16.9. The van der Waals surface area contributed by atoms with E-state index in [1.807, 2.05) is 6.07 Å². The first-order valence-corrected chi connectivity index (χ1v) is 8.77. The number of pyridine rings is 1. The van der Waals surface area contributed by atoms with Crippen LogP contribution >= 0.6 is 0 Å². The molecule has 0 radical (unpaired) electrons. The molecule has 6 nitrogen and oxygen atoms in total. The number of hydrogen-bond donors (Lipinski definition) is 0. The van der Waals surface area contributed by atoms with Crippen LogP contribution in [0.3, 0.4) is 0 Å². The van der Waals surface area contributed by atoms with Gasteiger partial charge in [0, 0.05) is 24.4 Å². The van der Waals surface area contributed by atoms with Crippen molar-refractivity contribution in [3.05, 3.63) is 36.7 Å². The molecule has 2 bridgehead atoms. The Kier molecular flexibility index (Phi) is 3.46. The second kappa shape index (κ2) is 5.71. The van der Waals surface area contributed by atoms with Gasteiger partial charge in [-0.1, -0.05) is 0 Å². The molecule has 0 aliphatic carbocycles. The third-order valence-electron chi connectivity index (χ3n) is 5.79. The third-order valence-corrected chi connectivity index (χ3v) is 5.79. The molecule has 0 saturated carbocycles. The largest absolute Gasteiger partial charge is 0.351 e. The Morgan fingerprint density at radius 3 is 2.72 bits per heavy atom. The highest BCUT2D eigenvalue weighted by atomic mass is 19.1. The Morgan fingerprint density at radius 1 is 1.12 bits per heavy atom. The smallest absolute Gasteiger partial charge is 0.212 e. The zero-order valence-corrected chi connectivity index (χ0v) is 13.9. The van der Waals surface area contributed by atoms with E-state index in [0.717, 1.165) is 30.2 Å². The number of piperidine rings is 3. The molecule has 2 aromatic rings. The molecular formula is C18H20FN5O. The molecule has 25 heavy (non-hydrogen) atoms. The molecule has 1 spiro atoms. The minimum Gasteiger partial charge on any atom is -0.351 e. The van der Waals surface area contributed by atoms with Gasteiger partial charge in [-0.2, -0.15) is 4.39 Å². The second-order valence-electron chi connectivity index (χ2n) is 7.22. The van der Waals surface area contributed by atoms with E-state index in [2.05, 4.69) is 24.8 Å². The lowest BCUT2D eigenvalue weighted by molar-refractivity contribution is -0.116. The Morgan fingerprint density at radius 2 is 2.00 bits per heavy atom. The molecule has 0 unspecified atom stereocenters. The zero-order valence-electron chi connectivity index (χ0n) is 13.9. The maximum Gasteiger partial charge on any atom is 0.212 e. The maximum absolute atomic E-state index is 13.0. The van der Waals surface area contributed by atoms with Gasteiger partial charge in [0.05, 0.1) is 12.2 Å². The van der Waals surface area contributed by atoms with E-state index < -0.39 is 5.95 Å². The van der Waals surface area contributed by atoms with Gasteiger partial charge in [0.1, 0.15) is 24.5 Å². The van der Waals surface area contributed by atoms with Crippen LogP contribution in [0.5, 0.6) is 0 Å². The van der Waals surface area contributed by atoms with Crippen molar-refractivity contribution in [2.75, 3.05) is 37.8 Å². The molecular weight excluding hydrogens is 321 g/mol. The number of ether oxygens (including phenoxy) is 1. The van der Waals surface area contributed by atoms with Gasteiger partial charge in [0.25, 0.3) is 0 Å². The quantitative estimate of drug-likeness (QED) is 0.778. The summed E-state index contributed by atoms with van der Waals surface area (Å²) in [6.07, 6.45) is 5.50. The van der Waals surface area contributed by atoms with Crippen molar-refractivity contribution in [3.8, 4) is 11.3 Å². The lowest BCUT2D eigenvalue weighted by atomic mass is 9.75. The van der Waals surface area contributed by atoms with E-state index in [4.69, 9.17) is 4.74 Å². The Labute approximate surface area is 145 Å². The standard InChI is InChI=1S/C18H20FN5O/c19-16-2-1-13(8-20-16)15-7-17(22-11-21-15)24-10-18(25-12-24)9-23-5-3-14(18)4-6-23/h1-2,7-8,11,14H,3-6,9-10,12H2/t18-/m1/s1. The van der Waals surface area contributed by atoms with Gasteiger partial charge in [-0.15, -0.1) is 0 Å². The minimum absolute atomic E-state index is 0.0565. The predicted molar refractivity (Wildman–Crippen MR) is 90.4 cm³/mol. The molecule has 4 aliphatic heterocycles. The molecule has 6 heterocycles. The van der Waals surface area contributed by atoms with Crippen LogP contribution in [-0.4, -0.2) is 58.4 Å². The molecule has 0 aromatic carbocycles. The van der Waals surface area contributed by atoms with Crippen molar-refractivity contribution in [2.45, 2.75) is 18.4 Å². The van der Waals surface area contributed by atoms with E-state index >= 15 is 0 Å². The van der Waals surface area contributed by atoms with Crippen molar-refractivity contribution in [2.24, 2.45) is 5.92 Å². The number of hydrogen-bond acceptors (Lipinski definition) is 6. The van der Waals surface area contributed by atoms with E-state index in [1.54, 1.807) is 12.4 Å². The van der Waals surface area contributed by atoms with E-state index in [9.17, 15) is 4.39 Å². The summed E-state index contributed by atoms with van der Waals surface area (Å²) in [5.41, 5.74) is 1.47. The van der Waals surface area contributed by atoms with Gasteiger partial charge < -0.3 is 14.5 Å². The van der Waals surface area contributed by atoms with Gasteiger partial charge in [-0.25, -0.2) is 15.0 Å². The van der Waals surface area contributed by atoms with Crippen molar-refractivity contribution >= 4 is 5.82 Å². The van der Waals surface area contributed by atoms with E-state index in [-0.39, 0.29) is 5.60 Å². The Balaban J connectivity index is 1.39. The van der Waals surface area contributed by atoms with Crippen LogP contribution in [0.1, 0.15) is 12.8 Å². The van der Waals surface area contributed by atoms with Crippen molar-refractivity contribution in [1.29, 1.82) is 0 Å².